The maximum Gasteiger partial charge on any atom is 0.150 e. The van der Waals surface area contributed by atoms with Crippen molar-refractivity contribution in [3.05, 3.63) is 52.5 Å². The van der Waals surface area contributed by atoms with E-state index in [1.807, 2.05) is 30.3 Å². The van der Waals surface area contributed by atoms with Crippen LogP contribution in [0.1, 0.15) is 10.4 Å². The van der Waals surface area contributed by atoms with Crippen LogP contribution in [0.3, 0.4) is 0 Å². The molecule has 0 unspecified atom stereocenters. The summed E-state index contributed by atoms with van der Waals surface area (Å²) in [6.45, 7) is 0. The minimum Gasteiger partial charge on any atom is -0.496 e. The van der Waals surface area contributed by atoms with Gasteiger partial charge in [0.05, 0.1) is 7.11 Å². The molecule has 0 heterocycles. The van der Waals surface area contributed by atoms with Crippen LogP contribution in [-0.2, 0) is 0 Å². The predicted octanol–water partition coefficient (Wildman–Crippen LogP) is 3.94. The third kappa shape index (κ3) is 2.56. The Morgan fingerprint density at radius 1 is 1.12 bits per heavy atom. The van der Waals surface area contributed by atoms with Crippen LogP contribution in [0.4, 0.5) is 0 Å². The highest BCUT2D eigenvalue weighted by atomic mass is 79.9. The molecule has 86 valence electrons. The van der Waals surface area contributed by atoms with Gasteiger partial charge >= 0.3 is 0 Å². The fraction of sp³-hybridized carbons (Fsp3) is 0.0714. The van der Waals surface area contributed by atoms with Crippen molar-refractivity contribution in [2.45, 2.75) is 0 Å². The van der Waals surface area contributed by atoms with Crippen molar-refractivity contribution in [1.82, 2.24) is 0 Å². The lowest BCUT2D eigenvalue weighted by molar-refractivity contribution is 0.112. The SMILES string of the molecule is COc1cc(Br)ccc1-c1ccc(C=O)cc1. The van der Waals surface area contributed by atoms with E-state index in [0.717, 1.165) is 27.6 Å². The lowest BCUT2D eigenvalue weighted by atomic mass is 10.0. The minimum atomic E-state index is 0.671. The Morgan fingerprint density at radius 2 is 1.82 bits per heavy atom. The molecule has 3 heteroatoms. The van der Waals surface area contributed by atoms with Gasteiger partial charge in [-0.05, 0) is 23.8 Å². The number of ether oxygens (including phenoxy) is 1. The van der Waals surface area contributed by atoms with Crippen molar-refractivity contribution in [1.29, 1.82) is 0 Å². The zero-order valence-electron chi connectivity index (χ0n) is 9.31. The molecule has 2 nitrogen and oxygen atoms in total. The van der Waals surface area contributed by atoms with E-state index in [2.05, 4.69) is 15.9 Å². The molecule has 0 aliphatic carbocycles. The number of hydrogen-bond donors (Lipinski definition) is 0. The Morgan fingerprint density at radius 3 is 2.41 bits per heavy atom. The van der Waals surface area contributed by atoms with Gasteiger partial charge in [0.15, 0.2) is 0 Å². The van der Waals surface area contributed by atoms with Crippen LogP contribution in [0.5, 0.6) is 5.75 Å². The minimum absolute atomic E-state index is 0.671. The quantitative estimate of drug-likeness (QED) is 0.801. The maximum atomic E-state index is 10.6. The van der Waals surface area contributed by atoms with E-state index in [1.165, 1.54) is 0 Å². The first-order valence-electron chi connectivity index (χ1n) is 5.14. The summed E-state index contributed by atoms with van der Waals surface area (Å²) in [7, 11) is 1.64. The molecule has 0 saturated carbocycles. The van der Waals surface area contributed by atoms with Gasteiger partial charge in [-0.15, -0.1) is 0 Å². The molecule has 0 radical (unpaired) electrons. The summed E-state index contributed by atoms with van der Waals surface area (Å²) in [5, 5.41) is 0. The predicted molar refractivity (Wildman–Crippen MR) is 71.5 cm³/mol. The van der Waals surface area contributed by atoms with E-state index in [4.69, 9.17) is 4.74 Å². The van der Waals surface area contributed by atoms with E-state index in [0.29, 0.717) is 5.56 Å². The molecular formula is C14H11BrO2. The average molecular weight is 291 g/mol. The highest BCUT2D eigenvalue weighted by molar-refractivity contribution is 9.10. The molecule has 0 atom stereocenters. The maximum absolute atomic E-state index is 10.6. The fourth-order valence-corrected chi connectivity index (χ4v) is 1.98. The summed E-state index contributed by atoms with van der Waals surface area (Å²) in [4.78, 5) is 10.6. The lowest BCUT2D eigenvalue weighted by Crippen LogP contribution is -1.88. The van der Waals surface area contributed by atoms with Crippen LogP contribution in [0.25, 0.3) is 11.1 Å². The van der Waals surface area contributed by atoms with Gasteiger partial charge in [0.25, 0.3) is 0 Å². The van der Waals surface area contributed by atoms with E-state index in [9.17, 15) is 4.79 Å². The lowest BCUT2D eigenvalue weighted by Gasteiger charge is -2.09. The molecular weight excluding hydrogens is 280 g/mol. The van der Waals surface area contributed by atoms with E-state index in [-0.39, 0.29) is 0 Å². The van der Waals surface area contributed by atoms with Crippen LogP contribution in [-0.4, -0.2) is 13.4 Å². The first kappa shape index (κ1) is 11.9. The first-order valence-corrected chi connectivity index (χ1v) is 5.93. The Hall–Kier alpha value is -1.61. The van der Waals surface area contributed by atoms with Crippen molar-refractivity contribution in [3.63, 3.8) is 0 Å². The molecule has 2 rings (SSSR count). The summed E-state index contributed by atoms with van der Waals surface area (Å²) in [6, 6.07) is 13.3. The Labute approximate surface area is 108 Å². The Kier molecular flexibility index (Phi) is 3.59. The highest BCUT2D eigenvalue weighted by Gasteiger charge is 2.06. The molecule has 0 amide bonds. The van der Waals surface area contributed by atoms with E-state index in [1.54, 1.807) is 19.2 Å². The first-order chi connectivity index (χ1) is 8.24. The van der Waals surface area contributed by atoms with Crippen LogP contribution in [0.2, 0.25) is 0 Å². The number of hydrogen-bond acceptors (Lipinski definition) is 2. The van der Waals surface area contributed by atoms with Gasteiger partial charge in [-0.25, -0.2) is 0 Å². The molecule has 0 saturated heterocycles. The van der Waals surface area contributed by atoms with Gasteiger partial charge < -0.3 is 4.74 Å². The molecule has 0 N–H and O–H groups in total. The monoisotopic (exact) mass is 290 g/mol. The number of rotatable bonds is 3. The number of halogens is 1. The number of methoxy groups -OCH3 is 1. The molecule has 0 aliphatic heterocycles. The number of benzene rings is 2. The van der Waals surface area contributed by atoms with Gasteiger partial charge in [-0.1, -0.05) is 40.2 Å². The second-order valence-electron chi connectivity index (χ2n) is 3.58. The van der Waals surface area contributed by atoms with Crippen LogP contribution >= 0.6 is 15.9 Å². The average Bonchev–Trinajstić information content (AvgIpc) is 2.39. The second kappa shape index (κ2) is 5.15. The summed E-state index contributed by atoms with van der Waals surface area (Å²) in [5.74, 6) is 0.804. The van der Waals surface area contributed by atoms with Crippen molar-refractivity contribution < 1.29 is 9.53 Å². The third-order valence-corrected chi connectivity index (χ3v) is 3.01. The zero-order valence-corrected chi connectivity index (χ0v) is 10.9. The van der Waals surface area contributed by atoms with Crippen molar-refractivity contribution in [2.24, 2.45) is 0 Å². The molecule has 0 aromatic heterocycles. The molecule has 0 spiro atoms. The molecule has 0 bridgehead atoms. The topological polar surface area (TPSA) is 26.3 Å². The molecule has 17 heavy (non-hydrogen) atoms. The summed E-state index contributed by atoms with van der Waals surface area (Å²) in [5.41, 5.74) is 2.71. The zero-order chi connectivity index (χ0) is 12.3. The summed E-state index contributed by atoms with van der Waals surface area (Å²) in [6.07, 6.45) is 0.836. The second-order valence-corrected chi connectivity index (χ2v) is 4.50. The van der Waals surface area contributed by atoms with Crippen molar-refractivity contribution in [3.8, 4) is 16.9 Å². The Balaban J connectivity index is 2.48. The van der Waals surface area contributed by atoms with Crippen LogP contribution in [0, 0.1) is 0 Å². The standard InChI is InChI=1S/C14H11BrO2/c1-17-14-8-12(15)6-7-13(14)11-4-2-10(9-16)3-5-11/h2-9H,1H3. The van der Waals surface area contributed by atoms with Gasteiger partial charge in [0.1, 0.15) is 12.0 Å². The van der Waals surface area contributed by atoms with Gasteiger partial charge in [-0.3, -0.25) is 4.79 Å². The summed E-state index contributed by atoms with van der Waals surface area (Å²) >= 11 is 3.41. The third-order valence-electron chi connectivity index (χ3n) is 2.52. The van der Waals surface area contributed by atoms with Crippen molar-refractivity contribution >= 4 is 22.2 Å². The van der Waals surface area contributed by atoms with Crippen LogP contribution in [0.15, 0.2) is 46.9 Å². The van der Waals surface area contributed by atoms with Crippen molar-refractivity contribution in [2.75, 3.05) is 7.11 Å². The summed E-state index contributed by atoms with van der Waals surface area (Å²) < 4.78 is 6.31. The van der Waals surface area contributed by atoms with Gasteiger partial charge in [-0.2, -0.15) is 0 Å². The molecule has 0 fully saturated rings. The van der Waals surface area contributed by atoms with Gasteiger partial charge in [0.2, 0.25) is 0 Å². The Bertz CT molecular complexity index is 532. The van der Waals surface area contributed by atoms with E-state index < -0.39 is 0 Å². The molecule has 2 aromatic carbocycles. The normalized spacial score (nSPS) is 10.0. The number of carbonyl (C=O) groups excluding carboxylic acids is 1. The fourth-order valence-electron chi connectivity index (χ4n) is 1.64. The largest absolute Gasteiger partial charge is 0.496 e. The van der Waals surface area contributed by atoms with Crippen LogP contribution < -0.4 is 4.74 Å². The van der Waals surface area contributed by atoms with E-state index >= 15 is 0 Å². The number of carbonyl (C=O) groups is 1. The smallest absolute Gasteiger partial charge is 0.150 e. The molecule has 0 aliphatic rings. The highest BCUT2D eigenvalue weighted by Crippen LogP contribution is 2.32. The molecule has 2 aromatic rings. The number of aldehydes is 1. The van der Waals surface area contributed by atoms with Gasteiger partial charge in [0, 0.05) is 15.6 Å².